The van der Waals surface area contributed by atoms with Crippen LogP contribution in [0.2, 0.25) is 0 Å². The van der Waals surface area contributed by atoms with Gasteiger partial charge in [0.05, 0.1) is 23.7 Å². The number of nitrogens with zero attached hydrogens (tertiary/aromatic N) is 12. The molecule has 348 valence electrons. The molecule has 4 aromatic rings. The fourth-order valence-corrected chi connectivity index (χ4v) is 5.33. The van der Waals surface area contributed by atoms with E-state index < -0.39 is 31.6 Å². The summed E-state index contributed by atoms with van der Waals surface area (Å²) in [5.41, 5.74) is -1.84. The highest BCUT2D eigenvalue weighted by molar-refractivity contribution is 5.78. The molecule has 69 heavy (non-hydrogen) atoms. The van der Waals surface area contributed by atoms with Gasteiger partial charge in [-0.2, -0.15) is 59.9 Å². The van der Waals surface area contributed by atoms with E-state index in [4.69, 9.17) is 14.2 Å². The summed E-state index contributed by atoms with van der Waals surface area (Å²) in [6.45, 7) is -2.24. The summed E-state index contributed by atoms with van der Waals surface area (Å²) in [6.07, 6.45) is 6.88. The number of isocyanates is 9. The van der Waals surface area contributed by atoms with Crippen LogP contribution in [-0.4, -0.2) is 136 Å². The molecule has 0 saturated heterocycles. The fraction of sp³-hybridized carbons (Fsp3) is 0.231. The minimum atomic E-state index is -1.52. The lowest BCUT2D eigenvalue weighted by Gasteiger charge is -2.18. The number of nitrogens with one attached hydrogen (secondary N) is 3. The Morgan fingerprint density at radius 2 is 0.725 bits per heavy atom. The van der Waals surface area contributed by atoms with Crippen LogP contribution in [0.1, 0.15) is 6.42 Å². The van der Waals surface area contributed by atoms with Gasteiger partial charge >= 0.3 is 0 Å². The minimum absolute atomic E-state index is 0.0886. The zero-order valence-electron chi connectivity index (χ0n) is 34.5. The van der Waals surface area contributed by atoms with Gasteiger partial charge in [-0.15, -0.1) is 0 Å². The van der Waals surface area contributed by atoms with E-state index in [9.17, 15) is 58.5 Å². The Kier molecular flexibility index (Phi) is 20.2. The number of aliphatic imine (C=N–C) groups is 9. The molecule has 3 aromatic carbocycles. The van der Waals surface area contributed by atoms with Crippen LogP contribution in [0.5, 0.6) is 17.2 Å². The lowest BCUT2D eigenvalue weighted by Crippen LogP contribution is -2.29. The van der Waals surface area contributed by atoms with Gasteiger partial charge in [-0.1, -0.05) is 0 Å². The van der Waals surface area contributed by atoms with Crippen molar-refractivity contribution in [2.45, 2.75) is 24.9 Å². The summed E-state index contributed by atoms with van der Waals surface area (Å²) in [4.78, 5) is 142. The summed E-state index contributed by atoms with van der Waals surface area (Å²) >= 11 is 0. The number of aliphatic hydroxyl groups is 3. The molecular weight excluding hydrogens is 919 g/mol. The summed E-state index contributed by atoms with van der Waals surface area (Å²) in [6, 6.07) is 6.72. The van der Waals surface area contributed by atoms with Crippen LogP contribution in [0.3, 0.4) is 0 Å². The number of ether oxygens (including phenoxy) is 3. The van der Waals surface area contributed by atoms with E-state index in [2.05, 4.69) is 75.8 Å². The molecule has 6 N–H and O–H groups in total. The monoisotopic (exact) mass is 945 g/mol. The van der Waals surface area contributed by atoms with E-state index >= 15 is 0 Å². The van der Waals surface area contributed by atoms with E-state index in [0.717, 1.165) is 36.4 Å². The summed E-state index contributed by atoms with van der Waals surface area (Å²) in [5.74, 6) is -1.70. The predicted octanol–water partition coefficient (Wildman–Crippen LogP) is 2.48. The van der Waals surface area contributed by atoms with Gasteiger partial charge in [0.25, 0.3) is 0 Å². The van der Waals surface area contributed by atoms with Crippen molar-refractivity contribution in [1.82, 2.24) is 15.0 Å². The Labute approximate surface area is 383 Å². The van der Waals surface area contributed by atoms with Crippen molar-refractivity contribution in [1.29, 1.82) is 0 Å². The molecule has 0 aliphatic rings. The van der Waals surface area contributed by atoms with Crippen molar-refractivity contribution >= 4 is 124 Å². The molecule has 0 fully saturated rings. The molecule has 30 heteroatoms. The molecule has 4 rings (SSSR count). The van der Waals surface area contributed by atoms with Crippen LogP contribution >= 0.6 is 0 Å². The topological polar surface area (TPSA) is 428 Å². The molecule has 0 aliphatic carbocycles. The third-order valence-corrected chi connectivity index (χ3v) is 8.02. The standard InChI is InChI=1S/C39H27N15O15/c55-13-42-22-3-27(45-16-58)34(28(4-22)46-17-59)67-2-1-33(66)51-39-53-37(40-9-25(64)11-68-35-29(47-18-60)5-23(43-14-56)6-30(35)48-19-61)52-38(54-39)41-10-26(65)12-69-36-31(49-20-62)7-24(44-15-57)8-32(36)50-21-63/h3-8,25-26,33,64-66H,1-2,9-12H2,(H3,40,41,51,52,53,54). The second-order valence-electron chi connectivity index (χ2n) is 12.6. The average molecular weight is 946 g/mol. The SMILES string of the molecule is O=C=Nc1cc(N=C=O)c(OCCC(O)Nc2nc(NCC(O)COc3c(N=C=O)cc(N=C=O)cc3N=C=O)nc(NCC(O)COc3c(N=C=O)cc(N=C=O)cc3N=C=O)n2)c(N=C=O)c1. The zero-order valence-corrected chi connectivity index (χ0v) is 34.5. The lowest BCUT2D eigenvalue weighted by atomic mass is 10.2. The number of aromatic nitrogens is 3. The lowest BCUT2D eigenvalue weighted by molar-refractivity contribution is 0.118. The highest BCUT2D eigenvalue weighted by Crippen LogP contribution is 2.43. The third-order valence-electron chi connectivity index (χ3n) is 8.02. The van der Waals surface area contributed by atoms with Crippen LogP contribution in [0.15, 0.2) is 81.3 Å². The summed E-state index contributed by atoms with van der Waals surface area (Å²) in [5, 5.41) is 40.5. The summed E-state index contributed by atoms with van der Waals surface area (Å²) in [7, 11) is 0. The molecule has 0 saturated carbocycles. The first-order valence-corrected chi connectivity index (χ1v) is 18.7. The molecular formula is C39H27N15O15. The van der Waals surface area contributed by atoms with Gasteiger partial charge in [-0.3, -0.25) is 0 Å². The first-order chi connectivity index (χ1) is 33.5. The quantitative estimate of drug-likeness (QED) is 0.0284. The zero-order chi connectivity index (χ0) is 50.0. The van der Waals surface area contributed by atoms with E-state index in [-0.39, 0.29) is 112 Å². The third kappa shape index (κ3) is 15.8. The van der Waals surface area contributed by atoms with Crippen LogP contribution in [-0.2, 0) is 43.2 Å². The largest absolute Gasteiger partial charge is 0.489 e. The van der Waals surface area contributed by atoms with Crippen molar-refractivity contribution in [2.75, 3.05) is 48.9 Å². The number of aliphatic hydroxyl groups excluding tert-OH is 3. The molecule has 1 heterocycles. The number of benzene rings is 3. The van der Waals surface area contributed by atoms with Gasteiger partial charge < -0.3 is 45.5 Å². The molecule has 30 nitrogen and oxygen atoms in total. The Bertz CT molecular complexity index is 2750. The van der Waals surface area contributed by atoms with E-state index in [1.807, 2.05) is 0 Å². The van der Waals surface area contributed by atoms with Crippen molar-refractivity contribution < 1.29 is 72.7 Å². The van der Waals surface area contributed by atoms with Gasteiger partial charge in [-0.25, -0.2) is 43.2 Å². The van der Waals surface area contributed by atoms with Crippen LogP contribution in [0.4, 0.5) is 69.0 Å². The molecule has 0 radical (unpaired) electrons. The fourth-order valence-electron chi connectivity index (χ4n) is 5.33. The van der Waals surface area contributed by atoms with Gasteiger partial charge in [0.1, 0.15) is 65.8 Å². The predicted molar refractivity (Wildman–Crippen MR) is 229 cm³/mol. The second kappa shape index (κ2) is 27.2. The highest BCUT2D eigenvalue weighted by atomic mass is 16.5. The molecule has 0 amide bonds. The summed E-state index contributed by atoms with van der Waals surface area (Å²) < 4.78 is 16.8. The van der Waals surface area contributed by atoms with Crippen LogP contribution in [0, 0.1) is 0 Å². The van der Waals surface area contributed by atoms with Gasteiger partial charge in [-0.05, 0) is 36.4 Å². The maximum atomic E-state index is 11.1. The second-order valence-corrected chi connectivity index (χ2v) is 12.6. The Hall–Kier alpha value is -10.2. The number of rotatable bonds is 27. The van der Waals surface area contributed by atoms with Crippen LogP contribution < -0.4 is 30.2 Å². The van der Waals surface area contributed by atoms with Crippen molar-refractivity contribution in [3.63, 3.8) is 0 Å². The number of anilines is 3. The molecule has 0 bridgehead atoms. The Morgan fingerprint density at radius 1 is 0.435 bits per heavy atom. The van der Waals surface area contributed by atoms with Crippen molar-refractivity contribution in [2.24, 2.45) is 44.9 Å². The van der Waals surface area contributed by atoms with E-state index in [1.165, 1.54) is 54.7 Å². The smallest absolute Gasteiger partial charge is 0.240 e. The first kappa shape index (κ1) is 51.4. The average Bonchev–Trinajstić information content (AvgIpc) is 3.31. The van der Waals surface area contributed by atoms with Gasteiger partial charge in [0.15, 0.2) is 17.2 Å². The minimum Gasteiger partial charge on any atom is -0.489 e. The molecule has 3 atom stereocenters. The molecule has 1 aromatic heterocycles. The normalized spacial score (nSPS) is 11.0. The molecule has 0 spiro atoms. The van der Waals surface area contributed by atoms with E-state index in [1.54, 1.807) is 0 Å². The van der Waals surface area contributed by atoms with E-state index in [0.29, 0.717) is 0 Å². The molecule has 0 aliphatic heterocycles. The maximum absolute atomic E-state index is 11.1. The molecule has 3 unspecified atom stereocenters. The number of hydrogen-bond donors (Lipinski definition) is 6. The highest BCUT2D eigenvalue weighted by Gasteiger charge is 2.20. The van der Waals surface area contributed by atoms with Crippen LogP contribution in [0.25, 0.3) is 0 Å². The Balaban J connectivity index is 1.55. The van der Waals surface area contributed by atoms with Crippen molar-refractivity contribution in [3.05, 3.63) is 36.4 Å². The van der Waals surface area contributed by atoms with Crippen molar-refractivity contribution in [3.8, 4) is 17.2 Å². The first-order valence-electron chi connectivity index (χ1n) is 18.7. The number of carbonyl (C=O) groups excluding carboxylic acids is 9. The van der Waals surface area contributed by atoms with Gasteiger partial charge in [0.2, 0.25) is 72.6 Å². The van der Waals surface area contributed by atoms with Gasteiger partial charge in [0, 0.05) is 19.5 Å². The Morgan fingerprint density at radius 3 is 1.03 bits per heavy atom. The number of hydrogen-bond acceptors (Lipinski definition) is 30. The maximum Gasteiger partial charge on any atom is 0.240 e.